The third-order valence-corrected chi connectivity index (χ3v) is 6.45. The molecule has 1 heterocycles. The number of ether oxygens (including phenoxy) is 1. The largest absolute Gasteiger partial charge is 0.451 e. The van der Waals surface area contributed by atoms with Gasteiger partial charge < -0.3 is 10.1 Å². The number of benzene rings is 1. The summed E-state index contributed by atoms with van der Waals surface area (Å²) in [5, 5.41) is 2.83. The van der Waals surface area contributed by atoms with E-state index in [0.29, 0.717) is 4.88 Å². The van der Waals surface area contributed by atoms with Crippen LogP contribution in [0.1, 0.15) is 33.8 Å². The molecule has 122 valence electrons. The second kappa shape index (κ2) is 8.08. The van der Waals surface area contributed by atoms with Crippen molar-refractivity contribution in [2.45, 2.75) is 19.9 Å². The predicted molar refractivity (Wildman–Crippen MR) is 97.7 cm³/mol. The second-order valence-electron chi connectivity index (χ2n) is 4.95. The summed E-state index contributed by atoms with van der Waals surface area (Å²) >= 11 is 7.87. The second-order valence-corrected chi connectivity index (χ2v) is 8.18. The Bertz CT molecular complexity index is 710. The monoisotopic (exact) mass is 459 g/mol. The maximum atomic E-state index is 11.9. The van der Waals surface area contributed by atoms with Gasteiger partial charge in [0.2, 0.25) is 0 Å². The Kier molecular flexibility index (Phi) is 6.38. The molecule has 0 aliphatic rings. The molecule has 0 spiro atoms. The highest BCUT2D eigenvalue weighted by Crippen LogP contribution is 2.32. The molecular formula is C16H15Br2NO3S. The van der Waals surface area contributed by atoms with Crippen molar-refractivity contribution in [3.8, 4) is 0 Å². The van der Waals surface area contributed by atoms with Crippen LogP contribution in [0.5, 0.6) is 0 Å². The zero-order chi connectivity index (χ0) is 17.0. The van der Waals surface area contributed by atoms with Gasteiger partial charge in [0.1, 0.15) is 4.88 Å². The molecule has 2 aromatic rings. The Morgan fingerprint density at radius 2 is 2.00 bits per heavy atom. The minimum atomic E-state index is -0.514. The fraction of sp³-hybridized carbons (Fsp3) is 0.250. The lowest BCUT2D eigenvalue weighted by Gasteiger charge is -2.16. The Morgan fingerprint density at radius 3 is 2.61 bits per heavy atom. The number of aryl methyl sites for hydroxylation is 1. The third-order valence-electron chi connectivity index (χ3n) is 3.21. The van der Waals surface area contributed by atoms with Crippen LogP contribution in [0.2, 0.25) is 0 Å². The van der Waals surface area contributed by atoms with E-state index in [9.17, 15) is 9.59 Å². The Balaban J connectivity index is 1.87. The summed E-state index contributed by atoms with van der Waals surface area (Å²) in [4.78, 5) is 24.3. The average molecular weight is 461 g/mol. The van der Waals surface area contributed by atoms with Crippen molar-refractivity contribution in [1.29, 1.82) is 0 Å². The predicted octanol–water partition coefficient (Wildman–Crippen LogP) is 4.62. The molecule has 0 bridgehead atoms. The first-order chi connectivity index (χ1) is 10.9. The van der Waals surface area contributed by atoms with E-state index in [2.05, 4.69) is 37.2 Å². The molecule has 0 saturated heterocycles. The first kappa shape index (κ1) is 18.2. The van der Waals surface area contributed by atoms with Crippen molar-refractivity contribution in [1.82, 2.24) is 5.32 Å². The lowest BCUT2D eigenvalue weighted by atomic mass is 10.0. The number of carbonyl (C=O) groups excluding carboxylic acids is 2. The molecule has 0 aliphatic heterocycles. The van der Waals surface area contributed by atoms with Crippen LogP contribution >= 0.6 is 43.2 Å². The topological polar surface area (TPSA) is 55.4 Å². The number of carbonyl (C=O) groups is 2. The Labute approximate surface area is 155 Å². The fourth-order valence-electron chi connectivity index (χ4n) is 2.08. The van der Waals surface area contributed by atoms with E-state index in [0.717, 1.165) is 19.4 Å². The van der Waals surface area contributed by atoms with E-state index < -0.39 is 5.97 Å². The maximum absolute atomic E-state index is 11.9. The number of hydrogen-bond donors (Lipinski definition) is 1. The normalized spacial score (nSPS) is 11.8. The Hall–Kier alpha value is -1.18. The van der Waals surface area contributed by atoms with Crippen molar-refractivity contribution in [2.24, 2.45) is 0 Å². The quantitative estimate of drug-likeness (QED) is 0.662. The molecule has 1 aromatic heterocycles. The minimum absolute atomic E-state index is 0.146. The smallest absolute Gasteiger partial charge is 0.348 e. The highest BCUT2D eigenvalue weighted by molar-refractivity contribution is 9.13. The van der Waals surface area contributed by atoms with Crippen LogP contribution in [0.4, 0.5) is 0 Å². The maximum Gasteiger partial charge on any atom is 0.348 e. The van der Waals surface area contributed by atoms with Crippen LogP contribution in [-0.2, 0) is 9.53 Å². The molecule has 2 rings (SSSR count). The fourth-order valence-corrected chi connectivity index (χ4v) is 4.01. The zero-order valence-electron chi connectivity index (χ0n) is 12.6. The molecule has 1 unspecified atom stereocenters. The van der Waals surface area contributed by atoms with E-state index in [1.54, 1.807) is 6.07 Å². The van der Waals surface area contributed by atoms with Crippen molar-refractivity contribution in [3.05, 3.63) is 54.6 Å². The van der Waals surface area contributed by atoms with Gasteiger partial charge >= 0.3 is 5.97 Å². The van der Waals surface area contributed by atoms with Crippen LogP contribution in [0, 0.1) is 6.92 Å². The number of thiophene rings is 1. The molecule has 23 heavy (non-hydrogen) atoms. The van der Waals surface area contributed by atoms with Gasteiger partial charge in [0, 0.05) is 4.47 Å². The number of halogens is 2. The molecule has 7 heteroatoms. The van der Waals surface area contributed by atoms with Crippen LogP contribution in [0.3, 0.4) is 0 Å². The molecular weight excluding hydrogens is 446 g/mol. The van der Waals surface area contributed by atoms with Crippen molar-refractivity contribution in [3.63, 3.8) is 0 Å². The van der Waals surface area contributed by atoms with Crippen molar-refractivity contribution >= 4 is 55.1 Å². The third kappa shape index (κ3) is 4.89. The highest BCUT2D eigenvalue weighted by Gasteiger charge is 2.16. The lowest BCUT2D eigenvalue weighted by molar-refractivity contribution is -0.124. The summed E-state index contributed by atoms with van der Waals surface area (Å²) in [6.07, 6.45) is 0. The summed E-state index contributed by atoms with van der Waals surface area (Å²) in [7, 11) is 0. The van der Waals surface area contributed by atoms with Crippen LogP contribution in [0.15, 0.2) is 38.6 Å². The van der Waals surface area contributed by atoms with Crippen LogP contribution in [-0.4, -0.2) is 18.5 Å². The molecule has 1 N–H and O–H groups in total. The van der Waals surface area contributed by atoms with E-state index in [-0.39, 0.29) is 18.6 Å². The zero-order valence-corrected chi connectivity index (χ0v) is 16.5. The summed E-state index contributed by atoms with van der Waals surface area (Å²) in [6, 6.07) is 9.35. The molecule has 0 fully saturated rings. The van der Waals surface area contributed by atoms with Gasteiger partial charge in [-0.3, -0.25) is 4.79 Å². The summed E-state index contributed by atoms with van der Waals surface area (Å²) < 4.78 is 6.63. The SMILES string of the molecule is Cc1ccccc1C(C)NC(=O)COC(=O)c1cc(Br)c(Br)s1. The molecule has 1 aromatic carbocycles. The van der Waals surface area contributed by atoms with Gasteiger partial charge in [-0.05, 0) is 62.9 Å². The summed E-state index contributed by atoms with van der Waals surface area (Å²) in [5.41, 5.74) is 2.14. The first-order valence-corrected chi connectivity index (χ1v) is 9.25. The number of esters is 1. The van der Waals surface area contributed by atoms with E-state index in [1.807, 2.05) is 38.1 Å². The number of amides is 1. The molecule has 0 radical (unpaired) electrons. The molecule has 1 atom stereocenters. The summed E-state index contributed by atoms with van der Waals surface area (Å²) in [6.45, 7) is 3.59. The lowest BCUT2D eigenvalue weighted by Crippen LogP contribution is -2.31. The van der Waals surface area contributed by atoms with Crippen LogP contribution in [0.25, 0.3) is 0 Å². The number of hydrogen-bond acceptors (Lipinski definition) is 4. The number of rotatable bonds is 5. The van der Waals surface area contributed by atoms with E-state index >= 15 is 0 Å². The molecule has 1 amide bonds. The average Bonchev–Trinajstić information content (AvgIpc) is 2.84. The van der Waals surface area contributed by atoms with Gasteiger partial charge in [0.05, 0.1) is 9.83 Å². The molecule has 4 nitrogen and oxygen atoms in total. The van der Waals surface area contributed by atoms with Gasteiger partial charge in [0.15, 0.2) is 6.61 Å². The number of nitrogens with one attached hydrogen (secondary N) is 1. The van der Waals surface area contributed by atoms with Gasteiger partial charge in [-0.15, -0.1) is 11.3 Å². The van der Waals surface area contributed by atoms with Gasteiger partial charge in [-0.1, -0.05) is 24.3 Å². The Morgan fingerprint density at radius 1 is 1.30 bits per heavy atom. The minimum Gasteiger partial charge on any atom is -0.451 e. The van der Waals surface area contributed by atoms with Crippen LogP contribution < -0.4 is 5.32 Å². The van der Waals surface area contributed by atoms with Gasteiger partial charge in [-0.2, -0.15) is 0 Å². The van der Waals surface area contributed by atoms with Gasteiger partial charge in [-0.25, -0.2) is 4.79 Å². The standard InChI is InChI=1S/C16H15Br2NO3S/c1-9-5-3-4-6-11(9)10(2)19-14(20)8-22-16(21)13-7-12(17)15(18)23-13/h3-7,10H,8H2,1-2H3,(H,19,20). The van der Waals surface area contributed by atoms with E-state index in [1.165, 1.54) is 11.3 Å². The van der Waals surface area contributed by atoms with Gasteiger partial charge in [0.25, 0.3) is 5.91 Å². The molecule has 0 saturated carbocycles. The van der Waals surface area contributed by atoms with E-state index in [4.69, 9.17) is 4.74 Å². The molecule has 0 aliphatic carbocycles. The first-order valence-electron chi connectivity index (χ1n) is 6.85. The highest BCUT2D eigenvalue weighted by atomic mass is 79.9. The van der Waals surface area contributed by atoms with Crippen molar-refractivity contribution in [2.75, 3.05) is 6.61 Å². The summed E-state index contributed by atoms with van der Waals surface area (Å²) in [5.74, 6) is -0.844. The van der Waals surface area contributed by atoms with Crippen molar-refractivity contribution < 1.29 is 14.3 Å².